The summed E-state index contributed by atoms with van der Waals surface area (Å²) in [6.07, 6.45) is 0.892. The van der Waals surface area contributed by atoms with Crippen molar-refractivity contribution in [1.82, 2.24) is 0 Å². The third-order valence-electron chi connectivity index (χ3n) is 3.83. The Kier molecular flexibility index (Phi) is 5.84. The standard InChI is InChI=1S/C19H25NO2/c1-4-22-17-8-6-15(7-9-17)12-16(13-20)18-11-14(2)5-10-19(18)21-3/h5-11,16H,4,12-13,20H2,1-3H3. The summed E-state index contributed by atoms with van der Waals surface area (Å²) in [5.74, 6) is 2.06. The average molecular weight is 299 g/mol. The molecule has 2 N–H and O–H groups in total. The summed E-state index contributed by atoms with van der Waals surface area (Å²) >= 11 is 0. The SMILES string of the molecule is CCOc1ccc(CC(CN)c2cc(C)ccc2OC)cc1. The molecule has 2 aromatic rings. The predicted octanol–water partition coefficient (Wildman–Crippen LogP) is 3.69. The zero-order chi connectivity index (χ0) is 15.9. The molecule has 0 fully saturated rings. The number of aryl methyl sites for hydroxylation is 1. The molecule has 0 aliphatic heterocycles. The van der Waals surface area contributed by atoms with Crippen molar-refractivity contribution >= 4 is 0 Å². The molecule has 0 spiro atoms. The van der Waals surface area contributed by atoms with Gasteiger partial charge in [0.15, 0.2) is 0 Å². The maximum atomic E-state index is 6.02. The Morgan fingerprint density at radius 2 is 1.82 bits per heavy atom. The van der Waals surface area contributed by atoms with Gasteiger partial charge in [0.1, 0.15) is 11.5 Å². The lowest BCUT2D eigenvalue weighted by Gasteiger charge is -2.19. The number of hydrogen-bond acceptors (Lipinski definition) is 3. The highest BCUT2D eigenvalue weighted by Gasteiger charge is 2.16. The van der Waals surface area contributed by atoms with Gasteiger partial charge in [-0.15, -0.1) is 0 Å². The van der Waals surface area contributed by atoms with E-state index in [-0.39, 0.29) is 5.92 Å². The Morgan fingerprint density at radius 1 is 1.09 bits per heavy atom. The van der Waals surface area contributed by atoms with Crippen LogP contribution in [0.3, 0.4) is 0 Å². The number of ether oxygens (including phenoxy) is 2. The minimum atomic E-state index is 0.243. The van der Waals surface area contributed by atoms with Gasteiger partial charge >= 0.3 is 0 Å². The molecule has 0 aliphatic rings. The van der Waals surface area contributed by atoms with Crippen LogP contribution in [0, 0.1) is 6.92 Å². The molecule has 2 aromatic carbocycles. The normalized spacial score (nSPS) is 12.0. The van der Waals surface area contributed by atoms with E-state index < -0.39 is 0 Å². The molecular formula is C19H25NO2. The van der Waals surface area contributed by atoms with Gasteiger partial charge in [-0.3, -0.25) is 0 Å². The van der Waals surface area contributed by atoms with Crippen molar-refractivity contribution in [3.63, 3.8) is 0 Å². The molecule has 0 saturated carbocycles. The fourth-order valence-electron chi connectivity index (χ4n) is 2.67. The van der Waals surface area contributed by atoms with Crippen LogP contribution >= 0.6 is 0 Å². The number of nitrogens with two attached hydrogens (primary N) is 1. The van der Waals surface area contributed by atoms with Crippen molar-refractivity contribution in [3.8, 4) is 11.5 Å². The van der Waals surface area contributed by atoms with Crippen molar-refractivity contribution in [2.24, 2.45) is 5.73 Å². The van der Waals surface area contributed by atoms with Crippen LogP contribution in [0.4, 0.5) is 0 Å². The molecule has 2 rings (SSSR count). The van der Waals surface area contributed by atoms with Crippen LogP contribution in [0.2, 0.25) is 0 Å². The van der Waals surface area contributed by atoms with E-state index in [0.29, 0.717) is 13.2 Å². The van der Waals surface area contributed by atoms with E-state index in [4.69, 9.17) is 15.2 Å². The Labute approximate surface area is 133 Å². The van der Waals surface area contributed by atoms with Crippen molar-refractivity contribution in [3.05, 3.63) is 59.2 Å². The molecule has 0 aromatic heterocycles. The van der Waals surface area contributed by atoms with Crippen molar-refractivity contribution < 1.29 is 9.47 Å². The Bertz CT molecular complexity index is 593. The van der Waals surface area contributed by atoms with Gasteiger partial charge in [0.2, 0.25) is 0 Å². The van der Waals surface area contributed by atoms with Gasteiger partial charge in [0.25, 0.3) is 0 Å². The molecule has 22 heavy (non-hydrogen) atoms. The second-order valence-corrected chi connectivity index (χ2v) is 5.46. The fraction of sp³-hybridized carbons (Fsp3) is 0.368. The smallest absolute Gasteiger partial charge is 0.122 e. The van der Waals surface area contributed by atoms with Gasteiger partial charge in [-0.1, -0.05) is 29.8 Å². The van der Waals surface area contributed by atoms with Crippen molar-refractivity contribution in [1.29, 1.82) is 0 Å². The van der Waals surface area contributed by atoms with Crippen LogP contribution in [0.25, 0.3) is 0 Å². The molecule has 1 unspecified atom stereocenters. The van der Waals surface area contributed by atoms with E-state index in [1.54, 1.807) is 7.11 Å². The predicted molar refractivity (Wildman–Crippen MR) is 90.8 cm³/mol. The maximum Gasteiger partial charge on any atom is 0.122 e. The number of benzene rings is 2. The van der Waals surface area contributed by atoms with E-state index in [9.17, 15) is 0 Å². The highest BCUT2D eigenvalue weighted by Crippen LogP contribution is 2.30. The van der Waals surface area contributed by atoms with Gasteiger partial charge in [0.05, 0.1) is 13.7 Å². The first-order chi connectivity index (χ1) is 10.7. The third-order valence-corrected chi connectivity index (χ3v) is 3.83. The first-order valence-corrected chi connectivity index (χ1v) is 7.74. The molecular weight excluding hydrogens is 274 g/mol. The Hall–Kier alpha value is -2.00. The molecule has 0 heterocycles. The highest BCUT2D eigenvalue weighted by atomic mass is 16.5. The minimum absolute atomic E-state index is 0.243. The van der Waals surface area contributed by atoms with Gasteiger partial charge < -0.3 is 15.2 Å². The number of methoxy groups -OCH3 is 1. The largest absolute Gasteiger partial charge is 0.496 e. The van der Waals surface area contributed by atoms with Crippen molar-refractivity contribution in [2.45, 2.75) is 26.2 Å². The summed E-state index contributed by atoms with van der Waals surface area (Å²) in [5.41, 5.74) is 9.68. The average Bonchev–Trinajstić information content (AvgIpc) is 2.54. The molecule has 0 aliphatic carbocycles. The first-order valence-electron chi connectivity index (χ1n) is 7.74. The van der Waals surface area contributed by atoms with Gasteiger partial charge in [-0.05, 0) is 56.1 Å². The highest BCUT2D eigenvalue weighted by molar-refractivity contribution is 5.41. The molecule has 0 amide bonds. The molecule has 118 valence electrons. The van der Waals surface area contributed by atoms with E-state index in [2.05, 4.69) is 31.2 Å². The van der Waals surface area contributed by atoms with Crippen LogP contribution in [0.5, 0.6) is 11.5 Å². The zero-order valence-electron chi connectivity index (χ0n) is 13.6. The minimum Gasteiger partial charge on any atom is -0.496 e. The molecule has 1 atom stereocenters. The Balaban J connectivity index is 2.20. The van der Waals surface area contributed by atoms with Gasteiger partial charge in [-0.2, -0.15) is 0 Å². The molecule has 3 heteroatoms. The van der Waals surface area contributed by atoms with Crippen molar-refractivity contribution in [2.75, 3.05) is 20.3 Å². The molecule has 0 saturated heterocycles. The number of hydrogen-bond donors (Lipinski definition) is 1. The third kappa shape index (κ3) is 4.01. The fourth-order valence-corrected chi connectivity index (χ4v) is 2.67. The first kappa shape index (κ1) is 16.4. The summed E-state index contributed by atoms with van der Waals surface area (Å²) in [4.78, 5) is 0. The second kappa shape index (κ2) is 7.85. The summed E-state index contributed by atoms with van der Waals surface area (Å²) in [6, 6.07) is 14.5. The molecule has 3 nitrogen and oxygen atoms in total. The Morgan fingerprint density at radius 3 is 2.41 bits per heavy atom. The zero-order valence-corrected chi connectivity index (χ0v) is 13.6. The van der Waals surface area contributed by atoms with E-state index in [1.807, 2.05) is 25.1 Å². The van der Waals surface area contributed by atoms with E-state index in [1.165, 1.54) is 16.7 Å². The lowest BCUT2D eigenvalue weighted by Crippen LogP contribution is -2.16. The summed E-state index contributed by atoms with van der Waals surface area (Å²) < 4.78 is 11.0. The van der Waals surface area contributed by atoms with E-state index >= 15 is 0 Å². The molecule has 0 bridgehead atoms. The van der Waals surface area contributed by atoms with Crippen LogP contribution in [0.1, 0.15) is 29.5 Å². The summed E-state index contributed by atoms with van der Waals surface area (Å²) in [6.45, 7) is 5.36. The maximum absolute atomic E-state index is 6.02. The second-order valence-electron chi connectivity index (χ2n) is 5.46. The monoisotopic (exact) mass is 299 g/mol. The topological polar surface area (TPSA) is 44.5 Å². The van der Waals surface area contributed by atoms with E-state index in [0.717, 1.165) is 17.9 Å². The summed E-state index contributed by atoms with van der Waals surface area (Å²) in [5, 5.41) is 0. The quantitative estimate of drug-likeness (QED) is 0.848. The summed E-state index contributed by atoms with van der Waals surface area (Å²) in [7, 11) is 1.71. The van der Waals surface area contributed by atoms with Crippen LogP contribution < -0.4 is 15.2 Å². The van der Waals surface area contributed by atoms with Crippen LogP contribution in [-0.4, -0.2) is 20.3 Å². The number of rotatable bonds is 7. The van der Waals surface area contributed by atoms with Gasteiger partial charge in [-0.25, -0.2) is 0 Å². The van der Waals surface area contributed by atoms with Crippen LogP contribution in [0.15, 0.2) is 42.5 Å². The van der Waals surface area contributed by atoms with Gasteiger partial charge in [0, 0.05) is 5.92 Å². The lowest BCUT2D eigenvalue weighted by atomic mass is 9.90. The molecule has 0 radical (unpaired) electrons. The lowest BCUT2D eigenvalue weighted by molar-refractivity contribution is 0.340. The van der Waals surface area contributed by atoms with Crippen LogP contribution in [-0.2, 0) is 6.42 Å².